The molecule has 0 aliphatic carbocycles. The monoisotopic (exact) mass is 619 g/mol. The second-order valence-corrected chi connectivity index (χ2v) is 9.80. The highest BCUT2D eigenvalue weighted by atomic mass is 79.9. The molecule has 0 radical (unpaired) electrons. The van der Waals surface area contributed by atoms with Crippen LogP contribution in [-0.4, -0.2) is 69.8 Å². The van der Waals surface area contributed by atoms with E-state index < -0.39 is 0 Å². The minimum Gasteiger partial charge on any atom is -0.493 e. The summed E-state index contributed by atoms with van der Waals surface area (Å²) in [7, 11) is 5.31. The van der Waals surface area contributed by atoms with Gasteiger partial charge in [0.05, 0.1) is 26.3 Å². The molecule has 2 N–H and O–H groups in total. The molecular formula is C24H32Br2ClN3O4. The van der Waals surface area contributed by atoms with Gasteiger partial charge in [-0.15, -0.1) is 12.4 Å². The molecule has 0 unspecified atom stereocenters. The number of nitrogens with zero attached hydrogens (tertiary/aromatic N) is 2. The number of rotatable bonds is 10. The molecule has 7 nitrogen and oxygen atoms in total. The summed E-state index contributed by atoms with van der Waals surface area (Å²) in [6, 6.07) is 7.67. The number of anilines is 1. The Morgan fingerprint density at radius 2 is 1.65 bits per heavy atom. The van der Waals surface area contributed by atoms with E-state index in [0.29, 0.717) is 30.2 Å². The molecule has 1 aliphatic heterocycles. The van der Waals surface area contributed by atoms with Crippen molar-refractivity contribution in [3.05, 3.63) is 44.3 Å². The number of hydrogen-bond acceptors (Lipinski definition) is 6. The van der Waals surface area contributed by atoms with E-state index in [1.54, 1.807) is 14.2 Å². The standard InChI is InChI=1S/C24H31Br2N3O4.ClH/c1-28(9-10-33-18-14-19(25)24(27)20(26)15-18)6-4-7-29-8-5-16-11-21(31-2)22(32-3)12-17(16)13-23(29)30;/h11-12,14-15H,4-10,13,27H2,1-3H3;1H. The molecule has 0 aromatic heterocycles. The second kappa shape index (κ2) is 13.4. The number of fused-ring (bicyclic) bond motifs is 1. The van der Waals surface area contributed by atoms with Crippen molar-refractivity contribution in [1.29, 1.82) is 0 Å². The molecular weight excluding hydrogens is 590 g/mol. The lowest BCUT2D eigenvalue weighted by Crippen LogP contribution is -2.35. The summed E-state index contributed by atoms with van der Waals surface area (Å²) in [6.07, 6.45) is 2.12. The van der Waals surface area contributed by atoms with Crippen LogP contribution in [0.2, 0.25) is 0 Å². The number of halogens is 3. The van der Waals surface area contributed by atoms with E-state index in [9.17, 15) is 4.79 Å². The molecule has 1 aliphatic rings. The van der Waals surface area contributed by atoms with Gasteiger partial charge in [0.15, 0.2) is 11.5 Å². The lowest BCUT2D eigenvalue weighted by atomic mass is 10.0. The van der Waals surface area contributed by atoms with E-state index in [0.717, 1.165) is 64.8 Å². The van der Waals surface area contributed by atoms with Gasteiger partial charge in [-0.3, -0.25) is 4.79 Å². The van der Waals surface area contributed by atoms with E-state index in [1.165, 1.54) is 0 Å². The summed E-state index contributed by atoms with van der Waals surface area (Å²) in [5, 5.41) is 0. The Morgan fingerprint density at radius 3 is 2.26 bits per heavy atom. The van der Waals surface area contributed by atoms with Gasteiger partial charge in [-0.05, 0) is 93.7 Å². The fourth-order valence-corrected chi connectivity index (χ4v) is 5.00. The van der Waals surface area contributed by atoms with Crippen LogP contribution in [0.15, 0.2) is 33.2 Å². The van der Waals surface area contributed by atoms with E-state index in [2.05, 4.69) is 43.8 Å². The number of carbonyl (C=O) groups excluding carboxylic acids is 1. The van der Waals surface area contributed by atoms with Crippen molar-refractivity contribution < 1.29 is 19.0 Å². The van der Waals surface area contributed by atoms with Gasteiger partial charge in [0.2, 0.25) is 5.91 Å². The number of nitrogen functional groups attached to an aromatic ring is 1. The molecule has 2 aromatic rings. The SMILES string of the molecule is COc1cc2c(cc1OC)CC(=O)N(CCCN(C)CCOc1cc(Br)c(N)c(Br)c1)CC2.Cl. The van der Waals surface area contributed by atoms with Crippen LogP contribution in [0, 0.1) is 0 Å². The fourth-order valence-electron chi connectivity index (χ4n) is 3.86. The highest BCUT2D eigenvalue weighted by molar-refractivity contribution is 9.11. The van der Waals surface area contributed by atoms with Crippen LogP contribution < -0.4 is 19.9 Å². The third-order valence-electron chi connectivity index (χ3n) is 5.81. The first-order chi connectivity index (χ1) is 15.8. The third kappa shape index (κ3) is 7.41. The van der Waals surface area contributed by atoms with Crippen LogP contribution in [0.5, 0.6) is 17.2 Å². The fraction of sp³-hybridized carbons (Fsp3) is 0.458. The molecule has 0 bridgehead atoms. The van der Waals surface area contributed by atoms with Crippen molar-refractivity contribution in [2.75, 3.05) is 59.8 Å². The van der Waals surface area contributed by atoms with Gasteiger partial charge >= 0.3 is 0 Å². The molecule has 2 aromatic carbocycles. The van der Waals surface area contributed by atoms with Gasteiger partial charge in [0.25, 0.3) is 0 Å². The van der Waals surface area contributed by atoms with Crippen molar-refractivity contribution in [1.82, 2.24) is 9.80 Å². The van der Waals surface area contributed by atoms with Crippen LogP contribution in [0.1, 0.15) is 17.5 Å². The number of ether oxygens (including phenoxy) is 3. The number of hydrogen-bond donors (Lipinski definition) is 1. The normalized spacial score (nSPS) is 13.2. The van der Waals surface area contributed by atoms with Gasteiger partial charge in [-0.2, -0.15) is 0 Å². The van der Waals surface area contributed by atoms with Crippen molar-refractivity contribution in [2.24, 2.45) is 0 Å². The third-order valence-corrected chi connectivity index (χ3v) is 7.13. The van der Waals surface area contributed by atoms with E-state index in [4.69, 9.17) is 19.9 Å². The Hall–Kier alpha value is -1.68. The molecule has 3 rings (SSSR count). The number of nitrogens with two attached hydrogens (primary N) is 1. The summed E-state index contributed by atoms with van der Waals surface area (Å²) >= 11 is 6.87. The van der Waals surface area contributed by atoms with Crippen LogP contribution in [0.3, 0.4) is 0 Å². The molecule has 0 atom stereocenters. The highest BCUT2D eigenvalue weighted by Crippen LogP contribution is 2.33. The lowest BCUT2D eigenvalue weighted by Gasteiger charge is -2.23. The Kier molecular flexibility index (Phi) is 11.3. The summed E-state index contributed by atoms with van der Waals surface area (Å²) in [5.74, 6) is 2.30. The molecule has 0 saturated heterocycles. The molecule has 1 heterocycles. The number of methoxy groups -OCH3 is 2. The van der Waals surface area contributed by atoms with Crippen molar-refractivity contribution in [3.8, 4) is 17.2 Å². The summed E-state index contributed by atoms with van der Waals surface area (Å²) in [4.78, 5) is 17.0. The van der Waals surface area contributed by atoms with Crippen LogP contribution in [0.4, 0.5) is 5.69 Å². The zero-order chi connectivity index (χ0) is 24.0. The molecule has 0 spiro atoms. The predicted octanol–water partition coefficient (Wildman–Crippen LogP) is 4.56. The zero-order valence-electron chi connectivity index (χ0n) is 19.7. The summed E-state index contributed by atoms with van der Waals surface area (Å²) in [6.45, 7) is 3.70. The zero-order valence-corrected chi connectivity index (χ0v) is 23.7. The van der Waals surface area contributed by atoms with Crippen LogP contribution in [-0.2, 0) is 17.6 Å². The number of amides is 1. The molecule has 0 saturated carbocycles. The maximum absolute atomic E-state index is 12.8. The van der Waals surface area contributed by atoms with Gasteiger partial charge < -0.3 is 29.7 Å². The Balaban J connectivity index is 0.00000408. The minimum absolute atomic E-state index is 0. The smallest absolute Gasteiger partial charge is 0.227 e. The first-order valence-corrected chi connectivity index (χ1v) is 12.5. The Morgan fingerprint density at radius 1 is 1.03 bits per heavy atom. The minimum atomic E-state index is 0. The Labute approximate surface area is 224 Å². The van der Waals surface area contributed by atoms with Crippen molar-refractivity contribution in [2.45, 2.75) is 19.3 Å². The van der Waals surface area contributed by atoms with Crippen molar-refractivity contribution >= 4 is 55.9 Å². The molecule has 34 heavy (non-hydrogen) atoms. The predicted molar refractivity (Wildman–Crippen MR) is 145 cm³/mol. The summed E-state index contributed by atoms with van der Waals surface area (Å²) in [5.41, 5.74) is 8.75. The van der Waals surface area contributed by atoms with Gasteiger partial charge in [0.1, 0.15) is 12.4 Å². The van der Waals surface area contributed by atoms with Crippen LogP contribution >= 0.6 is 44.3 Å². The maximum Gasteiger partial charge on any atom is 0.227 e. The molecule has 0 fully saturated rings. The topological polar surface area (TPSA) is 77.3 Å². The second-order valence-electron chi connectivity index (χ2n) is 8.09. The van der Waals surface area contributed by atoms with E-state index >= 15 is 0 Å². The average molecular weight is 622 g/mol. The largest absolute Gasteiger partial charge is 0.493 e. The lowest BCUT2D eigenvalue weighted by molar-refractivity contribution is -0.130. The van der Waals surface area contributed by atoms with Crippen LogP contribution in [0.25, 0.3) is 0 Å². The van der Waals surface area contributed by atoms with Gasteiger partial charge in [-0.1, -0.05) is 0 Å². The van der Waals surface area contributed by atoms with Gasteiger partial charge in [0, 0.05) is 28.6 Å². The molecule has 10 heteroatoms. The Bertz CT molecular complexity index is 970. The van der Waals surface area contributed by atoms with Crippen molar-refractivity contribution in [3.63, 3.8) is 0 Å². The molecule has 188 valence electrons. The molecule has 1 amide bonds. The number of benzene rings is 2. The van der Waals surface area contributed by atoms with Gasteiger partial charge in [-0.25, -0.2) is 0 Å². The highest BCUT2D eigenvalue weighted by Gasteiger charge is 2.22. The summed E-state index contributed by atoms with van der Waals surface area (Å²) < 4.78 is 18.3. The van der Waals surface area contributed by atoms with E-state index in [1.807, 2.05) is 29.2 Å². The van der Waals surface area contributed by atoms with E-state index in [-0.39, 0.29) is 18.3 Å². The first-order valence-electron chi connectivity index (χ1n) is 10.9. The quantitative estimate of drug-likeness (QED) is 0.392. The number of carbonyl (C=O) groups is 1. The number of likely N-dealkylation sites (N-methyl/N-ethyl adjacent to an activating group) is 1. The average Bonchev–Trinajstić information content (AvgIpc) is 2.94. The first kappa shape index (κ1) is 28.6. The maximum atomic E-state index is 12.8.